The molecule has 0 bridgehead atoms. The van der Waals surface area contributed by atoms with Gasteiger partial charge in [0.05, 0.1) is 0 Å². The Balaban J connectivity index is 2.96. The first-order valence-corrected chi connectivity index (χ1v) is 6.93. The van der Waals surface area contributed by atoms with Gasteiger partial charge in [0.15, 0.2) is 0 Å². The van der Waals surface area contributed by atoms with Crippen LogP contribution in [-0.2, 0) is 18.3 Å². The van der Waals surface area contributed by atoms with E-state index < -0.39 is 14.0 Å². The van der Waals surface area contributed by atoms with Crippen molar-refractivity contribution >= 4 is 8.56 Å². The van der Waals surface area contributed by atoms with Crippen LogP contribution in [0.3, 0.4) is 0 Å². The molecule has 0 atom stereocenters. The van der Waals surface area contributed by atoms with Gasteiger partial charge in [0, 0.05) is 34.9 Å². The average Bonchev–Trinajstić information content (AvgIpc) is 2.28. The van der Waals surface area contributed by atoms with Gasteiger partial charge in [-0.15, -0.1) is 0 Å². The fourth-order valence-corrected chi connectivity index (χ4v) is 5.77. The Labute approximate surface area is 86.7 Å². The molecule has 0 aromatic carbocycles. The van der Waals surface area contributed by atoms with E-state index in [0.29, 0.717) is 0 Å². The van der Waals surface area contributed by atoms with E-state index in [-0.39, 0.29) is 0 Å². The molecule has 1 rings (SSSR count). The van der Waals surface area contributed by atoms with E-state index in [1.807, 2.05) is 0 Å². The highest BCUT2D eigenvalue weighted by atomic mass is 28.4. The second kappa shape index (κ2) is 4.72. The predicted molar refractivity (Wildman–Crippen MR) is 55.2 cm³/mol. The molecule has 1 aliphatic heterocycles. The molecule has 5 heteroatoms. The van der Waals surface area contributed by atoms with Crippen LogP contribution in [0.5, 0.6) is 0 Å². The predicted octanol–water partition coefficient (Wildman–Crippen LogP) is 1.43. The Morgan fingerprint density at radius 1 is 0.929 bits per heavy atom. The standard InChI is InChI=1S/C9H20O4Si/c1-10-9(11-2)7-5-6-8-14(9,12-3)13-4/h5-8H2,1-4H3. The topological polar surface area (TPSA) is 36.9 Å². The Morgan fingerprint density at radius 3 is 1.86 bits per heavy atom. The maximum absolute atomic E-state index is 5.59. The third-order valence-corrected chi connectivity index (χ3v) is 7.31. The monoisotopic (exact) mass is 220 g/mol. The van der Waals surface area contributed by atoms with Crippen molar-refractivity contribution in [1.29, 1.82) is 0 Å². The summed E-state index contributed by atoms with van der Waals surface area (Å²) in [7, 11) is 4.34. The molecule has 0 unspecified atom stereocenters. The van der Waals surface area contributed by atoms with Crippen molar-refractivity contribution in [3.05, 3.63) is 0 Å². The van der Waals surface area contributed by atoms with Crippen molar-refractivity contribution < 1.29 is 18.3 Å². The van der Waals surface area contributed by atoms with E-state index in [2.05, 4.69) is 0 Å². The molecule has 4 nitrogen and oxygen atoms in total. The SMILES string of the molecule is COC1(OC)CCCC[Si]1(OC)OC. The van der Waals surface area contributed by atoms with Crippen molar-refractivity contribution in [3.8, 4) is 0 Å². The number of ether oxygens (including phenoxy) is 2. The average molecular weight is 220 g/mol. The fraction of sp³-hybridized carbons (Fsp3) is 1.00. The summed E-state index contributed by atoms with van der Waals surface area (Å²) in [6.07, 6.45) is 3.08. The third kappa shape index (κ3) is 1.63. The van der Waals surface area contributed by atoms with Crippen LogP contribution < -0.4 is 0 Å². The molecule has 0 spiro atoms. The summed E-state index contributed by atoms with van der Waals surface area (Å²) < 4.78 is 22.2. The maximum atomic E-state index is 5.59. The maximum Gasteiger partial charge on any atom is 0.399 e. The summed E-state index contributed by atoms with van der Waals surface area (Å²) in [4.78, 5) is 0. The molecule has 84 valence electrons. The molecule has 1 saturated heterocycles. The van der Waals surface area contributed by atoms with Gasteiger partial charge < -0.3 is 18.3 Å². The zero-order valence-electron chi connectivity index (χ0n) is 9.46. The second-order valence-corrected chi connectivity index (χ2v) is 7.11. The normalized spacial score (nSPS) is 24.9. The summed E-state index contributed by atoms with van der Waals surface area (Å²) in [5.41, 5.74) is -0.630. The Bertz CT molecular complexity index is 158. The van der Waals surface area contributed by atoms with Crippen LogP contribution in [0.25, 0.3) is 0 Å². The van der Waals surface area contributed by atoms with Crippen LogP contribution in [0.2, 0.25) is 6.04 Å². The van der Waals surface area contributed by atoms with E-state index in [1.165, 1.54) is 0 Å². The molecule has 0 saturated carbocycles. The molecular weight excluding hydrogens is 200 g/mol. The molecule has 0 aliphatic carbocycles. The smallest absolute Gasteiger partial charge is 0.395 e. The van der Waals surface area contributed by atoms with Gasteiger partial charge >= 0.3 is 8.56 Å². The molecule has 14 heavy (non-hydrogen) atoms. The van der Waals surface area contributed by atoms with Crippen LogP contribution in [0.4, 0.5) is 0 Å². The first kappa shape index (κ1) is 12.1. The molecule has 1 fully saturated rings. The highest BCUT2D eigenvalue weighted by Crippen LogP contribution is 2.40. The van der Waals surface area contributed by atoms with Gasteiger partial charge in [0.25, 0.3) is 0 Å². The highest BCUT2D eigenvalue weighted by molar-refractivity contribution is 6.70. The van der Waals surface area contributed by atoms with Crippen LogP contribution in [-0.4, -0.2) is 42.4 Å². The molecule has 0 N–H and O–H groups in total. The summed E-state index contributed by atoms with van der Waals surface area (Å²) in [6, 6.07) is 0.932. The molecule has 1 aliphatic rings. The number of rotatable bonds is 4. The molecule has 0 radical (unpaired) electrons. The van der Waals surface area contributed by atoms with Crippen molar-refractivity contribution in [2.24, 2.45) is 0 Å². The van der Waals surface area contributed by atoms with Crippen molar-refractivity contribution in [2.45, 2.75) is 30.7 Å². The Morgan fingerprint density at radius 2 is 1.50 bits per heavy atom. The van der Waals surface area contributed by atoms with Gasteiger partial charge in [-0.05, 0) is 12.5 Å². The van der Waals surface area contributed by atoms with Gasteiger partial charge in [0.2, 0.25) is 5.41 Å². The minimum atomic E-state index is -2.35. The summed E-state index contributed by atoms with van der Waals surface area (Å²) >= 11 is 0. The number of hydrogen-bond donors (Lipinski definition) is 0. The first-order chi connectivity index (χ1) is 6.70. The minimum Gasteiger partial charge on any atom is -0.395 e. The minimum absolute atomic E-state index is 0.630. The lowest BCUT2D eigenvalue weighted by Crippen LogP contribution is -2.65. The quantitative estimate of drug-likeness (QED) is 0.530. The largest absolute Gasteiger partial charge is 0.399 e. The zero-order valence-corrected chi connectivity index (χ0v) is 10.5. The van der Waals surface area contributed by atoms with Crippen molar-refractivity contribution in [1.82, 2.24) is 0 Å². The molecule has 0 amide bonds. The van der Waals surface area contributed by atoms with Gasteiger partial charge in [-0.3, -0.25) is 0 Å². The lowest BCUT2D eigenvalue weighted by molar-refractivity contribution is -0.183. The molecule has 1 heterocycles. The van der Waals surface area contributed by atoms with Gasteiger partial charge in [-0.1, -0.05) is 6.42 Å². The van der Waals surface area contributed by atoms with E-state index in [4.69, 9.17) is 18.3 Å². The highest BCUT2D eigenvalue weighted by Gasteiger charge is 2.60. The molecule has 0 aromatic heterocycles. The lowest BCUT2D eigenvalue weighted by atomic mass is 10.2. The first-order valence-electron chi connectivity index (χ1n) is 4.91. The molecular formula is C9H20O4Si. The summed E-state index contributed by atoms with van der Waals surface area (Å²) in [5, 5.41) is 0. The van der Waals surface area contributed by atoms with E-state index in [1.54, 1.807) is 28.4 Å². The lowest BCUT2D eigenvalue weighted by Gasteiger charge is -2.46. The fourth-order valence-electron chi connectivity index (χ4n) is 2.29. The summed E-state index contributed by atoms with van der Waals surface area (Å²) in [5.74, 6) is 0. The van der Waals surface area contributed by atoms with Crippen LogP contribution in [0.1, 0.15) is 19.3 Å². The molecule has 0 aromatic rings. The van der Waals surface area contributed by atoms with E-state index in [9.17, 15) is 0 Å². The Kier molecular flexibility index (Phi) is 4.09. The number of hydrogen-bond acceptors (Lipinski definition) is 4. The van der Waals surface area contributed by atoms with Crippen LogP contribution in [0, 0.1) is 0 Å². The second-order valence-electron chi connectivity index (χ2n) is 3.53. The third-order valence-electron chi connectivity index (χ3n) is 3.16. The van der Waals surface area contributed by atoms with Crippen molar-refractivity contribution in [2.75, 3.05) is 28.4 Å². The van der Waals surface area contributed by atoms with Gasteiger partial charge in [-0.2, -0.15) is 0 Å². The van der Waals surface area contributed by atoms with Crippen molar-refractivity contribution in [3.63, 3.8) is 0 Å². The van der Waals surface area contributed by atoms with E-state index in [0.717, 1.165) is 25.3 Å². The van der Waals surface area contributed by atoms with Gasteiger partial charge in [0.1, 0.15) is 0 Å². The van der Waals surface area contributed by atoms with Crippen LogP contribution >= 0.6 is 0 Å². The van der Waals surface area contributed by atoms with E-state index >= 15 is 0 Å². The summed E-state index contributed by atoms with van der Waals surface area (Å²) in [6.45, 7) is 0. The number of methoxy groups -OCH3 is 2. The Hall–Kier alpha value is 0.0569. The van der Waals surface area contributed by atoms with Gasteiger partial charge in [-0.25, -0.2) is 0 Å². The zero-order chi connectivity index (χ0) is 10.7. The van der Waals surface area contributed by atoms with Crippen LogP contribution in [0.15, 0.2) is 0 Å².